The van der Waals surface area contributed by atoms with Gasteiger partial charge in [0.15, 0.2) is 5.01 Å². The van der Waals surface area contributed by atoms with Gasteiger partial charge in [0.1, 0.15) is 0 Å². The average molecular weight is 302 g/mol. The maximum atomic E-state index is 11.4. The molecule has 0 unspecified atom stereocenters. The summed E-state index contributed by atoms with van der Waals surface area (Å²) >= 11 is 1.29. The summed E-state index contributed by atoms with van der Waals surface area (Å²) in [7, 11) is 3.37. The number of carbonyl (C=O) groups is 1. The Morgan fingerprint density at radius 2 is 2.15 bits per heavy atom. The zero-order valence-corrected chi connectivity index (χ0v) is 12.7. The van der Waals surface area contributed by atoms with E-state index in [1.54, 1.807) is 14.2 Å². The van der Waals surface area contributed by atoms with Crippen molar-refractivity contribution in [1.29, 1.82) is 0 Å². The van der Waals surface area contributed by atoms with Gasteiger partial charge in [0.05, 0.1) is 12.3 Å². The molecule has 7 nitrogen and oxygen atoms in total. The Morgan fingerprint density at radius 3 is 2.80 bits per heavy atom. The van der Waals surface area contributed by atoms with Crippen LogP contribution in [0.4, 0.5) is 0 Å². The summed E-state index contributed by atoms with van der Waals surface area (Å²) in [5, 5.41) is 2.26. The third-order valence-electron chi connectivity index (χ3n) is 2.70. The van der Waals surface area contributed by atoms with Crippen molar-refractivity contribution < 1.29 is 14.3 Å². The van der Waals surface area contributed by atoms with Crippen LogP contribution in [0.25, 0.3) is 0 Å². The Hall–Kier alpha value is -1.06. The highest BCUT2D eigenvalue weighted by molar-refractivity contribution is 7.11. The van der Waals surface area contributed by atoms with Crippen molar-refractivity contribution in [2.75, 3.05) is 40.5 Å². The maximum absolute atomic E-state index is 11.4. The van der Waals surface area contributed by atoms with Crippen LogP contribution in [0.2, 0.25) is 0 Å². The molecule has 0 spiro atoms. The number of aromatic nitrogens is 1. The molecular formula is C12H22N4O3S. The minimum atomic E-state index is -0.357. The number of thiazole rings is 1. The molecule has 3 N–H and O–H groups in total. The summed E-state index contributed by atoms with van der Waals surface area (Å²) in [6, 6.07) is 0. The zero-order chi connectivity index (χ0) is 14.8. The molecule has 0 aliphatic rings. The summed E-state index contributed by atoms with van der Waals surface area (Å²) in [6.07, 6.45) is 0.945. The largest absolute Gasteiger partial charge is 0.385 e. The molecule has 0 fully saturated rings. The average Bonchev–Trinajstić information content (AvgIpc) is 2.92. The second kappa shape index (κ2) is 9.78. The van der Waals surface area contributed by atoms with E-state index >= 15 is 0 Å². The van der Waals surface area contributed by atoms with Crippen molar-refractivity contribution in [1.82, 2.24) is 15.3 Å². The number of hydrazine groups is 1. The second-order valence-electron chi connectivity index (χ2n) is 4.23. The molecule has 114 valence electrons. The summed E-state index contributed by atoms with van der Waals surface area (Å²) in [5.41, 5.74) is 2.95. The third kappa shape index (κ3) is 5.93. The lowest BCUT2D eigenvalue weighted by Gasteiger charge is -2.20. The number of methoxy groups -OCH3 is 2. The molecule has 1 amide bonds. The lowest BCUT2D eigenvalue weighted by molar-refractivity contribution is 0.0952. The number of rotatable bonds is 10. The van der Waals surface area contributed by atoms with Crippen molar-refractivity contribution in [2.24, 2.45) is 5.84 Å². The summed E-state index contributed by atoms with van der Waals surface area (Å²) in [5.74, 6) is 4.73. The topological polar surface area (TPSA) is 89.7 Å². The number of amides is 1. The quantitative estimate of drug-likeness (QED) is 0.278. The number of hydrogen-bond donors (Lipinski definition) is 2. The molecule has 0 aliphatic carbocycles. The van der Waals surface area contributed by atoms with Gasteiger partial charge in [0.25, 0.3) is 5.91 Å². The molecule has 1 aromatic heterocycles. The van der Waals surface area contributed by atoms with Crippen LogP contribution in [0.5, 0.6) is 0 Å². The van der Waals surface area contributed by atoms with Crippen molar-refractivity contribution in [3.8, 4) is 0 Å². The number of ether oxygens (including phenoxy) is 2. The first-order valence-corrected chi connectivity index (χ1v) is 7.24. The van der Waals surface area contributed by atoms with Crippen molar-refractivity contribution in [3.63, 3.8) is 0 Å². The van der Waals surface area contributed by atoms with Gasteiger partial charge < -0.3 is 9.47 Å². The molecule has 0 saturated heterocycles. The van der Waals surface area contributed by atoms with E-state index in [4.69, 9.17) is 15.3 Å². The van der Waals surface area contributed by atoms with Crippen LogP contribution in [0.3, 0.4) is 0 Å². The van der Waals surface area contributed by atoms with Crippen molar-refractivity contribution in [3.05, 3.63) is 16.1 Å². The second-order valence-corrected chi connectivity index (χ2v) is 5.09. The fourth-order valence-electron chi connectivity index (χ4n) is 1.70. The van der Waals surface area contributed by atoms with Gasteiger partial charge in [-0.25, -0.2) is 10.8 Å². The smallest absolute Gasteiger partial charge is 0.294 e. The minimum absolute atomic E-state index is 0.357. The Bertz CT molecular complexity index is 400. The maximum Gasteiger partial charge on any atom is 0.294 e. The van der Waals surface area contributed by atoms with Gasteiger partial charge >= 0.3 is 0 Å². The fourth-order valence-corrected chi connectivity index (χ4v) is 2.41. The molecule has 0 radical (unpaired) electrons. The molecule has 1 rings (SSSR count). The van der Waals surface area contributed by atoms with Crippen LogP contribution in [0, 0.1) is 0 Å². The molecule has 8 heteroatoms. The minimum Gasteiger partial charge on any atom is -0.385 e. The van der Waals surface area contributed by atoms with Gasteiger partial charge in [-0.1, -0.05) is 0 Å². The fraction of sp³-hybridized carbons (Fsp3) is 0.667. The van der Waals surface area contributed by atoms with E-state index < -0.39 is 0 Å². The predicted molar refractivity (Wildman–Crippen MR) is 77.4 cm³/mol. The van der Waals surface area contributed by atoms with Gasteiger partial charge in [0, 0.05) is 45.8 Å². The Labute approximate surface area is 123 Å². The van der Waals surface area contributed by atoms with Gasteiger partial charge in [-0.3, -0.25) is 15.1 Å². The van der Waals surface area contributed by atoms with Crippen LogP contribution in [-0.2, 0) is 16.0 Å². The molecule has 0 bridgehead atoms. The molecule has 20 heavy (non-hydrogen) atoms. The highest BCUT2D eigenvalue weighted by atomic mass is 32.1. The van der Waals surface area contributed by atoms with E-state index in [1.165, 1.54) is 11.3 Å². The Kier molecular flexibility index (Phi) is 8.31. The lowest BCUT2D eigenvalue weighted by Crippen LogP contribution is -2.30. The van der Waals surface area contributed by atoms with Gasteiger partial charge in [0.2, 0.25) is 0 Å². The summed E-state index contributed by atoms with van der Waals surface area (Å²) in [4.78, 5) is 17.9. The molecule has 0 saturated carbocycles. The van der Waals surface area contributed by atoms with Gasteiger partial charge in [-0.15, -0.1) is 11.3 Å². The number of nitrogens with one attached hydrogen (secondary N) is 1. The highest BCUT2D eigenvalue weighted by Crippen LogP contribution is 2.12. The van der Waals surface area contributed by atoms with Crippen LogP contribution in [0.1, 0.15) is 21.9 Å². The predicted octanol–water partition coefficient (Wildman–Crippen LogP) is 0.232. The van der Waals surface area contributed by atoms with E-state index in [0.29, 0.717) is 18.2 Å². The molecule has 1 aromatic rings. The number of nitrogens with two attached hydrogens (primary N) is 1. The van der Waals surface area contributed by atoms with E-state index in [0.717, 1.165) is 31.8 Å². The lowest BCUT2D eigenvalue weighted by atomic mass is 10.3. The molecule has 1 heterocycles. The van der Waals surface area contributed by atoms with Crippen molar-refractivity contribution in [2.45, 2.75) is 13.0 Å². The first-order valence-electron chi connectivity index (χ1n) is 6.36. The van der Waals surface area contributed by atoms with Crippen LogP contribution in [0.15, 0.2) is 5.38 Å². The summed E-state index contributed by atoms with van der Waals surface area (Å²) in [6.45, 7) is 3.78. The molecule has 0 atom stereocenters. The number of nitrogen functional groups attached to an aromatic ring is 1. The van der Waals surface area contributed by atoms with Gasteiger partial charge in [-0.05, 0) is 6.42 Å². The Morgan fingerprint density at radius 1 is 1.40 bits per heavy atom. The van der Waals surface area contributed by atoms with E-state index in [-0.39, 0.29) is 5.91 Å². The Balaban J connectivity index is 2.53. The number of hydrogen-bond acceptors (Lipinski definition) is 7. The first-order chi connectivity index (χ1) is 9.71. The van der Waals surface area contributed by atoms with E-state index in [9.17, 15) is 4.79 Å². The zero-order valence-electron chi connectivity index (χ0n) is 11.9. The normalized spacial score (nSPS) is 11.0. The number of nitrogens with zero attached hydrogens (tertiary/aromatic N) is 2. The van der Waals surface area contributed by atoms with Crippen LogP contribution >= 0.6 is 11.3 Å². The summed E-state index contributed by atoms with van der Waals surface area (Å²) < 4.78 is 10.2. The third-order valence-corrected chi connectivity index (χ3v) is 3.59. The molecule has 0 aromatic carbocycles. The standard InChI is InChI=1S/C12H22N4O3S/c1-18-6-3-4-16(5-7-19-2)8-10-9-20-12(14-10)11(17)15-13/h9H,3-8,13H2,1-2H3,(H,15,17). The molecular weight excluding hydrogens is 280 g/mol. The monoisotopic (exact) mass is 302 g/mol. The van der Waals surface area contributed by atoms with Crippen LogP contribution in [-0.4, -0.2) is 56.3 Å². The van der Waals surface area contributed by atoms with Crippen LogP contribution < -0.4 is 11.3 Å². The highest BCUT2D eigenvalue weighted by Gasteiger charge is 2.12. The van der Waals surface area contributed by atoms with E-state index in [2.05, 4.69) is 15.3 Å². The SMILES string of the molecule is COCCCN(CCOC)Cc1csc(C(=O)NN)n1. The van der Waals surface area contributed by atoms with Crippen molar-refractivity contribution >= 4 is 17.2 Å². The van der Waals surface area contributed by atoms with E-state index in [1.807, 2.05) is 5.38 Å². The first kappa shape index (κ1) is 17.0. The molecule has 0 aliphatic heterocycles. The van der Waals surface area contributed by atoms with Gasteiger partial charge in [-0.2, -0.15) is 0 Å². The number of carbonyl (C=O) groups excluding carboxylic acids is 1.